The fourth-order valence-corrected chi connectivity index (χ4v) is 3.66. The predicted octanol–water partition coefficient (Wildman–Crippen LogP) is 3.80. The van der Waals surface area contributed by atoms with E-state index in [9.17, 15) is 4.79 Å². The van der Waals surface area contributed by atoms with Crippen LogP contribution in [0.3, 0.4) is 0 Å². The molecule has 0 spiro atoms. The zero-order chi connectivity index (χ0) is 18.5. The molecule has 3 aromatic rings. The summed E-state index contributed by atoms with van der Waals surface area (Å²) in [5.41, 5.74) is 0.573. The molecular weight excluding hydrogens is 362 g/mol. The quantitative estimate of drug-likeness (QED) is 0.674. The van der Waals surface area contributed by atoms with E-state index in [1.54, 1.807) is 40.4 Å². The molecule has 1 aliphatic heterocycles. The van der Waals surface area contributed by atoms with Gasteiger partial charge in [0.2, 0.25) is 0 Å². The van der Waals surface area contributed by atoms with Gasteiger partial charge in [-0.1, -0.05) is 6.07 Å². The first-order valence-electron chi connectivity index (χ1n) is 8.98. The van der Waals surface area contributed by atoms with E-state index >= 15 is 0 Å². The van der Waals surface area contributed by atoms with E-state index in [0.717, 1.165) is 25.2 Å². The van der Waals surface area contributed by atoms with E-state index < -0.39 is 0 Å². The van der Waals surface area contributed by atoms with E-state index in [0.29, 0.717) is 24.5 Å². The summed E-state index contributed by atoms with van der Waals surface area (Å²) in [6, 6.07) is 13.0. The van der Waals surface area contributed by atoms with Crippen LogP contribution in [0.1, 0.15) is 28.1 Å². The fraction of sp³-hybridized carbons (Fsp3) is 0.300. The Morgan fingerprint density at radius 2 is 2.19 bits per heavy atom. The first-order valence-corrected chi connectivity index (χ1v) is 9.86. The number of nitrogens with one attached hydrogen (secondary N) is 1. The van der Waals surface area contributed by atoms with Gasteiger partial charge in [-0.3, -0.25) is 4.79 Å². The van der Waals surface area contributed by atoms with Crippen LogP contribution in [0.25, 0.3) is 0 Å². The summed E-state index contributed by atoms with van der Waals surface area (Å²) in [5, 5.41) is 9.24. The van der Waals surface area contributed by atoms with Crippen molar-refractivity contribution in [3.63, 3.8) is 0 Å². The monoisotopic (exact) mass is 383 g/mol. The molecule has 1 fully saturated rings. The molecule has 7 heteroatoms. The summed E-state index contributed by atoms with van der Waals surface area (Å²) < 4.78 is 13.1. The number of amides is 1. The van der Waals surface area contributed by atoms with Crippen LogP contribution in [0, 0.1) is 0 Å². The molecule has 0 bridgehead atoms. The van der Waals surface area contributed by atoms with Gasteiger partial charge in [0.05, 0.1) is 18.8 Å². The van der Waals surface area contributed by atoms with Gasteiger partial charge >= 0.3 is 0 Å². The van der Waals surface area contributed by atoms with Crippen molar-refractivity contribution in [2.24, 2.45) is 0 Å². The van der Waals surface area contributed by atoms with Crippen molar-refractivity contribution in [1.82, 2.24) is 9.78 Å². The van der Waals surface area contributed by atoms with Crippen molar-refractivity contribution in [3.8, 4) is 5.75 Å². The second-order valence-electron chi connectivity index (χ2n) is 6.38. The normalized spacial score (nSPS) is 16.4. The van der Waals surface area contributed by atoms with Gasteiger partial charge in [-0.25, -0.2) is 4.68 Å². The van der Waals surface area contributed by atoms with Gasteiger partial charge < -0.3 is 14.8 Å². The molecule has 1 aromatic carbocycles. The minimum Gasteiger partial charge on any atom is -0.491 e. The minimum atomic E-state index is -0.173. The number of nitrogens with zero attached hydrogens (tertiary/aromatic N) is 2. The van der Waals surface area contributed by atoms with E-state index in [1.807, 2.05) is 29.6 Å². The van der Waals surface area contributed by atoms with Crippen molar-refractivity contribution >= 4 is 23.1 Å². The Morgan fingerprint density at radius 3 is 2.93 bits per heavy atom. The number of anilines is 1. The maximum Gasteiger partial charge on any atom is 0.256 e. The highest BCUT2D eigenvalue weighted by Gasteiger charge is 2.16. The second-order valence-corrected chi connectivity index (χ2v) is 7.41. The molecule has 0 saturated carbocycles. The minimum absolute atomic E-state index is 0.173. The van der Waals surface area contributed by atoms with Gasteiger partial charge in [0, 0.05) is 23.1 Å². The average Bonchev–Trinajstić information content (AvgIpc) is 3.45. The van der Waals surface area contributed by atoms with Crippen LogP contribution in [0.2, 0.25) is 0 Å². The van der Waals surface area contributed by atoms with Gasteiger partial charge in [0.25, 0.3) is 5.91 Å². The van der Waals surface area contributed by atoms with Gasteiger partial charge in [-0.05, 0) is 48.6 Å². The first kappa shape index (κ1) is 17.8. The number of hydrogen-bond acceptors (Lipinski definition) is 5. The Labute approximate surface area is 161 Å². The highest BCUT2D eigenvalue weighted by molar-refractivity contribution is 7.09. The lowest BCUT2D eigenvalue weighted by Gasteiger charge is -2.12. The van der Waals surface area contributed by atoms with Crippen LogP contribution in [0.4, 0.5) is 5.82 Å². The van der Waals surface area contributed by atoms with Crippen LogP contribution < -0.4 is 10.1 Å². The maximum absolute atomic E-state index is 12.5. The maximum atomic E-state index is 12.5. The summed E-state index contributed by atoms with van der Waals surface area (Å²) in [6.07, 6.45) is 4.00. The lowest BCUT2D eigenvalue weighted by Crippen LogP contribution is -2.17. The Hall–Kier alpha value is -2.64. The molecule has 27 heavy (non-hydrogen) atoms. The molecule has 1 atom stereocenters. The lowest BCUT2D eigenvalue weighted by atomic mass is 10.2. The topological polar surface area (TPSA) is 65.4 Å². The summed E-state index contributed by atoms with van der Waals surface area (Å²) in [6.45, 7) is 2.00. The highest BCUT2D eigenvalue weighted by atomic mass is 32.1. The molecule has 4 rings (SSSR count). The number of thiophene rings is 1. The summed E-state index contributed by atoms with van der Waals surface area (Å²) in [4.78, 5) is 13.7. The molecule has 1 N–H and O–H groups in total. The number of ether oxygens (including phenoxy) is 2. The van der Waals surface area contributed by atoms with Crippen molar-refractivity contribution in [3.05, 3.63) is 64.5 Å². The molecule has 1 saturated heterocycles. The molecule has 3 heterocycles. The van der Waals surface area contributed by atoms with Crippen LogP contribution in [0.5, 0.6) is 5.75 Å². The van der Waals surface area contributed by atoms with Crippen LogP contribution >= 0.6 is 11.3 Å². The molecule has 6 nitrogen and oxygen atoms in total. The Kier molecular flexibility index (Phi) is 5.50. The second kappa shape index (κ2) is 8.37. The summed E-state index contributed by atoms with van der Waals surface area (Å²) in [5.74, 6) is 1.24. The molecule has 1 amide bonds. The first-order chi connectivity index (χ1) is 13.3. The van der Waals surface area contributed by atoms with E-state index in [-0.39, 0.29) is 12.0 Å². The van der Waals surface area contributed by atoms with Crippen LogP contribution in [-0.4, -0.2) is 35.0 Å². The van der Waals surface area contributed by atoms with Gasteiger partial charge in [0.1, 0.15) is 18.2 Å². The molecule has 1 aliphatic rings. The largest absolute Gasteiger partial charge is 0.491 e. The van der Waals surface area contributed by atoms with Gasteiger partial charge in [-0.2, -0.15) is 5.10 Å². The van der Waals surface area contributed by atoms with E-state index in [4.69, 9.17) is 9.47 Å². The number of aromatic nitrogens is 2. The summed E-state index contributed by atoms with van der Waals surface area (Å²) >= 11 is 1.66. The van der Waals surface area contributed by atoms with Gasteiger partial charge in [0.15, 0.2) is 0 Å². The number of carbonyl (C=O) groups excluding carboxylic acids is 1. The smallest absolute Gasteiger partial charge is 0.256 e. The Bertz CT molecular complexity index is 868. The molecule has 0 radical (unpaired) electrons. The molecular formula is C20H21N3O3S. The number of carbonyl (C=O) groups is 1. The number of rotatable bonds is 7. The van der Waals surface area contributed by atoms with Crippen molar-refractivity contribution in [2.75, 3.05) is 18.5 Å². The zero-order valence-electron chi connectivity index (χ0n) is 14.8. The average molecular weight is 383 g/mol. The van der Waals surface area contributed by atoms with Crippen molar-refractivity contribution < 1.29 is 14.3 Å². The third-order valence-electron chi connectivity index (χ3n) is 4.42. The highest BCUT2D eigenvalue weighted by Crippen LogP contribution is 2.18. The zero-order valence-corrected chi connectivity index (χ0v) is 15.7. The van der Waals surface area contributed by atoms with Crippen molar-refractivity contribution in [2.45, 2.75) is 25.5 Å². The molecule has 140 valence electrons. The Morgan fingerprint density at radius 1 is 1.30 bits per heavy atom. The standard InChI is InChI=1S/C20H21N3O3S/c24-20(22-19-9-10-21-23(19)13-18-4-2-12-27-18)15-5-7-16(8-6-15)26-14-17-3-1-11-25-17/h2,4-10,12,17H,1,3,11,13-14H2,(H,22,24)/t17-/m1/s1. The van der Waals surface area contributed by atoms with Gasteiger partial charge in [-0.15, -0.1) is 11.3 Å². The van der Waals surface area contributed by atoms with E-state index in [2.05, 4.69) is 10.4 Å². The fourth-order valence-electron chi connectivity index (χ4n) is 2.97. The molecule has 0 aliphatic carbocycles. The van der Waals surface area contributed by atoms with Crippen LogP contribution in [0.15, 0.2) is 54.0 Å². The Balaban J connectivity index is 1.35. The van der Waals surface area contributed by atoms with E-state index in [1.165, 1.54) is 4.88 Å². The summed E-state index contributed by atoms with van der Waals surface area (Å²) in [7, 11) is 0. The van der Waals surface area contributed by atoms with Crippen LogP contribution in [-0.2, 0) is 11.3 Å². The molecule has 0 unspecified atom stereocenters. The third kappa shape index (κ3) is 4.56. The lowest BCUT2D eigenvalue weighted by molar-refractivity contribution is 0.0679. The number of benzene rings is 1. The third-order valence-corrected chi connectivity index (χ3v) is 5.28. The number of hydrogen-bond donors (Lipinski definition) is 1. The van der Waals surface area contributed by atoms with Crippen molar-refractivity contribution in [1.29, 1.82) is 0 Å². The predicted molar refractivity (Wildman–Crippen MR) is 105 cm³/mol. The molecule has 2 aromatic heterocycles. The SMILES string of the molecule is O=C(Nc1ccnn1Cc1cccs1)c1ccc(OC[C@H]2CCCO2)cc1.